The van der Waals surface area contributed by atoms with E-state index in [0.717, 1.165) is 25.7 Å². The van der Waals surface area contributed by atoms with E-state index in [4.69, 9.17) is 0 Å². The number of hydrogen-bond donors (Lipinski definition) is 0. The summed E-state index contributed by atoms with van der Waals surface area (Å²) in [6, 6.07) is 6.52. The van der Waals surface area contributed by atoms with E-state index in [-0.39, 0.29) is 28.3 Å². The van der Waals surface area contributed by atoms with Crippen molar-refractivity contribution in [3.63, 3.8) is 0 Å². The molecule has 0 atom stereocenters. The van der Waals surface area contributed by atoms with Gasteiger partial charge in [0.2, 0.25) is 0 Å². The van der Waals surface area contributed by atoms with E-state index in [1.165, 1.54) is 51.4 Å². The first-order valence-electron chi connectivity index (χ1n) is 13.0. The second-order valence-corrected chi connectivity index (χ2v) is 8.28. The molecule has 2 heterocycles. The van der Waals surface area contributed by atoms with Crippen LogP contribution in [0.1, 0.15) is 112 Å². The fourth-order valence-corrected chi connectivity index (χ4v) is 3.08. The predicted octanol–water partition coefficient (Wildman–Crippen LogP) is 7.88. The van der Waals surface area contributed by atoms with Crippen LogP contribution < -0.4 is 0 Å². The van der Waals surface area contributed by atoms with Gasteiger partial charge in [-0.15, -0.1) is 0 Å². The Balaban J connectivity index is 0.000000682. The largest absolute Gasteiger partial charge is 2.00 e. The number of pyridine rings is 2. The molecule has 0 saturated heterocycles. The summed E-state index contributed by atoms with van der Waals surface area (Å²) in [7, 11) is 0. The summed E-state index contributed by atoms with van der Waals surface area (Å²) >= 11 is 0. The summed E-state index contributed by atoms with van der Waals surface area (Å²) in [4.78, 5) is 30.7. The van der Waals surface area contributed by atoms with E-state index in [9.17, 15) is 9.59 Å². The van der Waals surface area contributed by atoms with Gasteiger partial charge in [0.1, 0.15) is 0 Å². The van der Waals surface area contributed by atoms with E-state index in [1.807, 2.05) is 0 Å². The van der Waals surface area contributed by atoms with Crippen LogP contribution in [0.25, 0.3) is 10.9 Å². The van der Waals surface area contributed by atoms with E-state index in [0.29, 0.717) is 11.1 Å². The molecule has 204 valence electrons. The van der Waals surface area contributed by atoms with Crippen molar-refractivity contribution in [3.05, 3.63) is 71.0 Å². The smallest absolute Gasteiger partial charge is 0.541 e. The summed E-state index contributed by atoms with van der Waals surface area (Å²) in [5, 5.41) is 7.59. The first-order valence-corrected chi connectivity index (χ1v) is 13.0. The number of rotatable bonds is 16. The zero-order chi connectivity index (χ0) is 26.1. The SMILES string of the molecule is CCCCCCC/C=N/[N-]C(=O)c1ccncc1.CCCCCCC/C=N/[N-]C(=O)c1ccncc1.[Ni+2]. The average Bonchev–Trinajstić information content (AvgIpc) is 2.92. The molecule has 0 aliphatic carbocycles. The van der Waals surface area contributed by atoms with Crippen molar-refractivity contribution in [1.29, 1.82) is 0 Å². The molecule has 2 aromatic rings. The first-order chi connectivity index (χ1) is 17.7. The van der Waals surface area contributed by atoms with Crippen LogP contribution in [0, 0.1) is 0 Å². The van der Waals surface area contributed by atoms with Crippen molar-refractivity contribution in [2.24, 2.45) is 10.2 Å². The molecular formula is C28H40N6NiO2. The Morgan fingerprint density at radius 1 is 0.649 bits per heavy atom. The number of aromatic nitrogens is 2. The van der Waals surface area contributed by atoms with Crippen molar-refractivity contribution in [3.8, 4) is 0 Å². The van der Waals surface area contributed by atoms with Crippen LogP contribution in [0.4, 0.5) is 0 Å². The molecule has 0 bridgehead atoms. The van der Waals surface area contributed by atoms with Gasteiger partial charge in [-0.2, -0.15) is 0 Å². The summed E-state index contributed by atoms with van der Waals surface area (Å²) in [5.74, 6) is -0.640. The Labute approximate surface area is 232 Å². The van der Waals surface area contributed by atoms with Gasteiger partial charge in [-0.05, 0) is 62.4 Å². The number of carbonyl (C=O) groups excluding carboxylic acids is 2. The second kappa shape index (κ2) is 24.8. The molecule has 8 nitrogen and oxygen atoms in total. The van der Waals surface area contributed by atoms with Crippen molar-refractivity contribution in [2.45, 2.75) is 90.9 Å². The number of unbranched alkanes of at least 4 members (excludes halogenated alkanes) is 10. The topological polar surface area (TPSA) is 113 Å². The monoisotopic (exact) mass is 550 g/mol. The summed E-state index contributed by atoms with van der Waals surface area (Å²) in [6.07, 6.45) is 23.8. The minimum Gasteiger partial charge on any atom is -0.541 e. The van der Waals surface area contributed by atoms with Crippen LogP contribution in [0.2, 0.25) is 0 Å². The number of amides is 2. The van der Waals surface area contributed by atoms with Crippen molar-refractivity contribution < 1.29 is 26.1 Å². The summed E-state index contributed by atoms with van der Waals surface area (Å²) < 4.78 is 0. The molecular weight excluding hydrogens is 511 g/mol. The van der Waals surface area contributed by atoms with E-state index in [1.54, 1.807) is 61.5 Å². The average molecular weight is 551 g/mol. The van der Waals surface area contributed by atoms with E-state index < -0.39 is 0 Å². The molecule has 0 unspecified atom stereocenters. The maximum absolute atomic E-state index is 11.5. The molecule has 9 heteroatoms. The molecule has 0 aromatic carbocycles. The van der Waals surface area contributed by atoms with Gasteiger partial charge in [-0.25, -0.2) is 0 Å². The Kier molecular flexibility index (Phi) is 22.8. The molecule has 2 rings (SSSR count). The maximum Gasteiger partial charge on any atom is 2.00 e. The van der Waals surface area contributed by atoms with Gasteiger partial charge in [0.25, 0.3) is 0 Å². The van der Waals surface area contributed by atoms with Gasteiger partial charge in [-0.3, -0.25) is 9.97 Å². The molecule has 0 spiro atoms. The molecule has 2 amide bonds. The maximum atomic E-state index is 11.5. The minimum absolute atomic E-state index is 0. The molecule has 0 radical (unpaired) electrons. The zero-order valence-electron chi connectivity index (χ0n) is 22.1. The third kappa shape index (κ3) is 18.9. The van der Waals surface area contributed by atoms with Crippen molar-refractivity contribution in [2.75, 3.05) is 0 Å². The fourth-order valence-electron chi connectivity index (χ4n) is 3.08. The third-order valence-corrected chi connectivity index (χ3v) is 5.19. The van der Waals surface area contributed by atoms with Crippen molar-refractivity contribution >= 4 is 24.2 Å². The van der Waals surface area contributed by atoms with Crippen molar-refractivity contribution in [1.82, 2.24) is 9.97 Å². The van der Waals surface area contributed by atoms with Gasteiger partial charge in [-0.1, -0.05) is 65.2 Å². The Morgan fingerprint density at radius 3 is 1.35 bits per heavy atom. The summed E-state index contributed by atoms with van der Waals surface area (Å²) in [6.45, 7) is 4.40. The van der Waals surface area contributed by atoms with Crippen LogP contribution in [0.15, 0.2) is 59.3 Å². The van der Waals surface area contributed by atoms with Crippen LogP contribution in [0.5, 0.6) is 0 Å². The molecule has 0 fully saturated rings. The van der Waals surface area contributed by atoms with E-state index in [2.05, 4.69) is 44.9 Å². The zero-order valence-corrected chi connectivity index (χ0v) is 23.1. The number of hydrogen-bond acceptors (Lipinski definition) is 6. The third-order valence-electron chi connectivity index (χ3n) is 5.19. The quantitative estimate of drug-likeness (QED) is 0.0914. The van der Waals surface area contributed by atoms with Crippen LogP contribution in [-0.2, 0) is 16.5 Å². The van der Waals surface area contributed by atoms with Gasteiger partial charge >= 0.3 is 16.5 Å². The van der Waals surface area contributed by atoms with Gasteiger partial charge in [0.05, 0.1) is 11.8 Å². The first kappa shape index (κ1) is 34.1. The Hall–Kier alpha value is -2.93. The minimum atomic E-state index is -0.320. The molecule has 37 heavy (non-hydrogen) atoms. The number of carbonyl (C=O) groups is 2. The van der Waals surface area contributed by atoms with Gasteiger partial charge in [0, 0.05) is 35.9 Å². The Morgan fingerprint density at radius 2 is 1.00 bits per heavy atom. The predicted molar refractivity (Wildman–Crippen MR) is 148 cm³/mol. The standard InChI is InChI=1S/2C14H21N3O.Ni/c2*1-2-3-4-5-6-7-10-16-17-14(18)13-8-11-15-12-9-13;/h2*8-12H,2-7H2,1H3,(H,17,18);/q;;+2/p-2/b2*16-10+;. The molecule has 0 aliphatic heterocycles. The number of nitrogens with zero attached hydrogens (tertiary/aromatic N) is 6. The van der Waals surface area contributed by atoms with Gasteiger partial charge in [0.15, 0.2) is 0 Å². The van der Waals surface area contributed by atoms with E-state index >= 15 is 0 Å². The molecule has 2 aromatic heterocycles. The molecule has 0 saturated carbocycles. The fraction of sp³-hybridized carbons (Fsp3) is 0.500. The Bertz CT molecular complexity index is 805. The molecule has 0 aliphatic rings. The van der Waals surface area contributed by atoms with Crippen LogP contribution >= 0.6 is 0 Å². The van der Waals surface area contributed by atoms with Crippen LogP contribution in [0.3, 0.4) is 0 Å². The summed E-state index contributed by atoms with van der Waals surface area (Å²) in [5.41, 5.74) is 8.30. The second-order valence-electron chi connectivity index (χ2n) is 8.28. The van der Waals surface area contributed by atoms with Gasteiger partial charge < -0.3 is 30.6 Å². The van der Waals surface area contributed by atoms with Crippen LogP contribution in [-0.4, -0.2) is 34.2 Å². The normalized spacial score (nSPS) is 10.4. The molecule has 0 N–H and O–H groups in total.